The van der Waals surface area contributed by atoms with Crippen molar-refractivity contribution in [2.45, 2.75) is 39.8 Å². The number of amides is 2. The van der Waals surface area contributed by atoms with E-state index < -0.39 is 5.97 Å². The van der Waals surface area contributed by atoms with Gasteiger partial charge >= 0.3 is 12.0 Å². The minimum atomic E-state index is -1.04. The van der Waals surface area contributed by atoms with Crippen LogP contribution in [0.25, 0.3) is 0 Å². The highest BCUT2D eigenvalue weighted by Gasteiger charge is 2.16. The van der Waals surface area contributed by atoms with Crippen molar-refractivity contribution in [3.05, 3.63) is 23.2 Å². The van der Waals surface area contributed by atoms with E-state index in [2.05, 4.69) is 10.6 Å². The van der Waals surface area contributed by atoms with Crippen LogP contribution in [-0.2, 0) is 6.54 Å². The van der Waals surface area contributed by atoms with Crippen molar-refractivity contribution in [1.29, 1.82) is 0 Å². The predicted octanol–water partition coefficient (Wildman–Crippen LogP) is 1.88. The Labute approximate surface area is 105 Å². The Balaban J connectivity index is 2.57. The number of rotatable bonds is 3. The van der Waals surface area contributed by atoms with Gasteiger partial charge in [-0.15, -0.1) is 0 Å². The summed E-state index contributed by atoms with van der Waals surface area (Å²) in [5.41, 5.74) is -0.210. The molecule has 0 aromatic carbocycles. The first kappa shape index (κ1) is 14.1. The fourth-order valence-electron chi connectivity index (χ4n) is 1.40. The maximum absolute atomic E-state index is 11.5. The second-order valence-corrected chi connectivity index (χ2v) is 5.05. The van der Waals surface area contributed by atoms with E-state index in [1.54, 1.807) is 6.92 Å². The molecule has 6 nitrogen and oxygen atoms in total. The normalized spacial score (nSPS) is 11.1. The molecule has 1 aromatic rings. The molecule has 3 N–H and O–H groups in total. The summed E-state index contributed by atoms with van der Waals surface area (Å²) >= 11 is 0. The summed E-state index contributed by atoms with van der Waals surface area (Å²) in [5, 5.41) is 14.2. The molecule has 0 saturated heterocycles. The average Bonchev–Trinajstić information content (AvgIpc) is 2.54. The van der Waals surface area contributed by atoms with Crippen molar-refractivity contribution < 1.29 is 19.1 Å². The van der Waals surface area contributed by atoms with Crippen LogP contribution in [0.1, 0.15) is 42.6 Å². The molecule has 0 aliphatic rings. The molecule has 0 saturated carbocycles. The van der Waals surface area contributed by atoms with Gasteiger partial charge in [0.2, 0.25) is 0 Å². The first-order chi connectivity index (χ1) is 8.19. The highest BCUT2D eigenvalue weighted by Crippen LogP contribution is 2.14. The number of furan rings is 1. The number of nitrogens with one attached hydrogen (secondary N) is 2. The number of hydrogen-bond donors (Lipinski definition) is 3. The molecule has 0 radical (unpaired) electrons. The van der Waals surface area contributed by atoms with Crippen LogP contribution in [-0.4, -0.2) is 22.6 Å². The Morgan fingerprint density at radius 2 is 2.00 bits per heavy atom. The molecule has 2 amide bonds. The number of carbonyl (C=O) groups excluding carboxylic acids is 1. The van der Waals surface area contributed by atoms with Gasteiger partial charge in [-0.2, -0.15) is 0 Å². The van der Waals surface area contributed by atoms with E-state index in [4.69, 9.17) is 9.52 Å². The van der Waals surface area contributed by atoms with Crippen molar-refractivity contribution in [3.8, 4) is 0 Å². The number of hydrogen-bond acceptors (Lipinski definition) is 3. The van der Waals surface area contributed by atoms with Gasteiger partial charge < -0.3 is 20.2 Å². The van der Waals surface area contributed by atoms with E-state index in [1.165, 1.54) is 6.07 Å². The molecule has 6 heteroatoms. The third-order valence-corrected chi connectivity index (χ3v) is 2.11. The first-order valence-corrected chi connectivity index (χ1v) is 5.57. The lowest BCUT2D eigenvalue weighted by Gasteiger charge is -2.20. The zero-order chi connectivity index (χ0) is 13.9. The van der Waals surface area contributed by atoms with Crippen LogP contribution in [0.15, 0.2) is 10.5 Å². The van der Waals surface area contributed by atoms with Crippen LogP contribution in [0.2, 0.25) is 0 Å². The number of carbonyl (C=O) groups is 2. The Kier molecular flexibility index (Phi) is 4.00. The van der Waals surface area contributed by atoms with Crippen molar-refractivity contribution in [2.24, 2.45) is 0 Å². The summed E-state index contributed by atoms with van der Waals surface area (Å²) in [4.78, 5) is 22.3. The van der Waals surface area contributed by atoms with E-state index in [1.807, 2.05) is 20.8 Å². The fraction of sp³-hybridized carbons (Fsp3) is 0.500. The van der Waals surface area contributed by atoms with Gasteiger partial charge in [-0.25, -0.2) is 9.59 Å². The second kappa shape index (κ2) is 5.12. The highest BCUT2D eigenvalue weighted by molar-refractivity contribution is 5.88. The van der Waals surface area contributed by atoms with E-state index >= 15 is 0 Å². The summed E-state index contributed by atoms with van der Waals surface area (Å²) in [6, 6.07) is 1.09. The average molecular weight is 254 g/mol. The molecule has 0 aliphatic heterocycles. The van der Waals surface area contributed by atoms with Crippen molar-refractivity contribution in [2.75, 3.05) is 0 Å². The summed E-state index contributed by atoms with van der Waals surface area (Å²) in [7, 11) is 0. The largest absolute Gasteiger partial charge is 0.478 e. The topological polar surface area (TPSA) is 91.6 Å². The monoisotopic (exact) mass is 254 g/mol. The lowest BCUT2D eigenvalue weighted by atomic mass is 10.1. The summed E-state index contributed by atoms with van der Waals surface area (Å²) in [5.74, 6) is -0.300. The maximum Gasteiger partial charge on any atom is 0.339 e. The van der Waals surface area contributed by atoms with E-state index in [-0.39, 0.29) is 23.7 Å². The van der Waals surface area contributed by atoms with Crippen molar-refractivity contribution in [1.82, 2.24) is 10.6 Å². The molecule has 0 bridgehead atoms. The lowest BCUT2D eigenvalue weighted by molar-refractivity contribution is 0.0695. The standard InChI is InChI=1S/C12H18N2O4/c1-7-9(10(15)16)5-8(18-7)6-13-11(17)14-12(2,3)4/h5H,6H2,1-4H3,(H,15,16)(H2,13,14,17). The Bertz CT molecular complexity index is 457. The van der Waals surface area contributed by atoms with Gasteiger partial charge in [0, 0.05) is 5.54 Å². The quantitative estimate of drug-likeness (QED) is 0.768. The molecule has 0 aliphatic carbocycles. The Hall–Kier alpha value is -1.98. The summed E-state index contributed by atoms with van der Waals surface area (Å²) in [6.07, 6.45) is 0. The van der Waals surface area contributed by atoms with Crippen LogP contribution in [0, 0.1) is 6.92 Å². The fourth-order valence-corrected chi connectivity index (χ4v) is 1.40. The number of urea groups is 1. The minimum Gasteiger partial charge on any atom is -0.478 e. The molecule has 100 valence electrons. The van der Waals surface area contributed by atoms with Crippen LogP contribution in [0.5, 0.6) is 0 Å². The number of aryl methyl sites for hydroxylation is 1. The second-order valence-electron chi connectivity index (χ2n) is 5.05. The molecule has 1 heterocycles. The molecular weight excluding hydrogens is 236 g/mol. The molecule has 0 atom stereocenters. The van der Waals surface area contributed by atoms with Crippen LogP contribution in [0.3, 0.4) is 0 Å². The molecule has 18 heavy (non-hydrogen) atoms. The van der Waals surface area contributed by atoms with Gasteiger partial charge in [0.05, 0.1) is 6.54 Å². The minimum absolute atomic E-state index is 0.114. The van der Waals surface area contributed by atoms with Crippen LogP contribution >= 0.6 is 0 Å². The molecular formula is C12H18N2O4. The van der Waals surface area contributed by atoms with Crippen LogP contribution < -0.4 is 10.6 Å². The molecule has 0 fully saturated rings. The molecule has 1 rings (SSSR count). The van der Waals surface area contributed by atoms with Gasteiger partial charge in [0.25, 0.3) is 0 Å². The lowest BCUT2D eigenvalue weighted by Crippen LogP contribution is -2.46. The van der Waals surface area contributed by atoms with Gasteiger partial charge in [-0.3, -0.25) is 0 Å². The van der Waals surface area contributed by atoms with E-state index in [0.717, 1.165) is 0 Å². The van der Waals surface area contributed by atoms with Crippen LogP contribution in [0.4, 0.5) is 4.79 Å². The predicted molar refractivity (Wildman–Crippen MR) is 65.5 cm³/mol. The van der Waals surface area contributed by atoms with Crippen molar-refractivity contribution in [3.63, 3.8) is 0 Å². The maximum atomic E-state index is 11.5. The summed E-state index contributed by atoms with van der Waals surface area (Å²) < 4.78 is 5.23. The van der Waals surface area contributed by atoms with Gasteiger partial charge in [-0.05, 0) is 33.8 Å². The highest BCUT2D eigenvalue weighted by atomic mass is 16.4. The Morgan fingerprint density at radius 3 is 2.44 bits per heavy atom. The van der Waals surface area contributed by atoms with E-state index in [0.29, 0.717) is 11.5 Å². The van der Waals surface area contributed by atoms with E-state index in [9.17, 15) is 9.59 Å². The van der Waals surface area contributed by atoms with Crippen molar-refractivity contribution >= 4 is 12.0 Å². The van der Waals surface area contributed by atoms with Gasteiger partial charge in [-0.1, -0.05) is 0 Å². The zero-order valence-corrected chi connectivity index (χ0v) is 11.0. The third-order valence-electron chi connectivity index (χ3n) is 2.11. The zero-order valence-electron chi connectivity index (χ0n) is 11.0. The third kappa shape index (κ3) is 4.12. The molecule has 0 spiro atoms. The molecule has 0 unspecified atom stereocenters. The first-order valence-electron chi connectivity index (χ1n) is 5.57. The van der Waals surface area contributed by atoms with Gasteiger partial charge in [0.1, 0.15) is 17.1 Å². The smallest absolute Gasteiger partial charge is 0.339 e. The number of carboxylic acid groups (broad SMARTS) is 1. The SMILES string of the molecule is Cc1oc(CNC(=O)NC(C)(C)C)cc1C(=O)O. The number of carboxylic acids is 1. The Morgan fingerprint density at radius 1 is 1.39 bits per heavy atom. The summed E-state index contributed by atoms with van der Waals surface area (Å²) in [6.45, 7) is 7.32. The molecule has 1 aromatic heterocycles. The number of aromatic carboxylic acids is 1. The van der Waals surface area contributed by atoms with Gasteiger partial charge in [0.15, 0.2) is 0 Å².